The molecule has 2 atom stereocenters. The normalized spacial score (nSPS) is 13.9. The second-order valence-electron chi connectivity index (χ2n) is 12.3. The van der Waals surface area contributed by atoms with Gasteiger partial charge in [-0.25, -0.2) is 0 Å². The van der Waals surface area contributed by atoms with Crippen LogP contribution in [0.15, 0.2) is 24.3 Å². The quantitative estimate of drug-likeness (QED) is 0.386. The minimum Gasteiger partial charge on any atom is -0.507 e. The number of hydrogen-bond acceptors (Lipinski definition) is 4. The van der Waals surface area contributed by atoms with E-state index < -0.39 is 23.7 Å². The molecule has 2 rings (SSSR count). The lowest BCUT2D eigenvalue weighted by Crippen LogP contribution is -2.29. The molecule has 0 bridgehead atoms. The monoisotopic (exact) mass is 496 g/mol. The van der Waals surface area contributed by atoms with Crippen LogP contribution in [0.2, 0.25) is 0 Å². The Balaban J connectivity index is 2.25. The van der Waals surface area contributed by atoms with Crippen LogP contribution in [0.1, 0.15) is 87.8 Å². The Morgan fingerprint density at radius 2 is 1.00 bits per heavy atom. The fraction of sp³-hybridized carbons (Fsp3) is 0.533. The Labute approximate surface area is 216 Å². The molecule has 0 fully saturated rings. The molecule has 0 saturated carbocycles. The molecule has 0 heterocycles. The van der Waals surface area contributed by atoms with E-state index >= 15 is 0 Å². The van der Waals surface area contributed by atoms with Gasteiger partial charge in [0, 0.05) is 11.8 Å². The molecule has 2 aromatic rings. The molecule has 0 radical (unpaired) electrons. The molecule has 0 aliphatic heterocycles. The van der Waals surface area contributed by atoms with Crippen molar-refractivity contribution in [3.8, 4) is 11.5 Å². The highest BCUT2D eigenvalue weighted by atomic mass is 16.3. The number of nitrogens with two attached hydrogens (primary N) is 2. The van der Waals surface area contributed by atoms with Gasteiger partial charge in [0.1, 0.15) is 11.5 Å². The highest BCUT2D eigenvalue weighted by Gasteiger charge is 2.26. The summed E-state index contributed by atoms with van der Waals surface area (Å²) < 4.78 is 0. The van der Waals surface area contributed by atoms with Gasteiger partial charge in [-0.1, -0.05) is 65.8 Å². The molecule has 6 heteroatoms. The highest BCUT2D eigenvalue weighted by molar-refractivity contribution is 5.78. The first-order valence-corrected chi connectivity index (χ1v) is 12.7. The van der Waals surface area contributed by atoms with Gasteiger partial charge < -0.3 is 21.7 Å². The van der Waals surface area contributed by atoms with Crippen LogP contribution < -0.4 is 11.5 Å². The summed E-state index contributed by atoms with van der Waals surface area (Å²) in [6, 6.07) is 7.66. The van der Waals surface area contributed by atoms with Gasteiger partial charge >= 0.3 is 0 Å². The van der Waals surface area contributed by atoms with Crippen molar-refractivity contribution in [1.29, 1.82) is 0 Å². The average Bonchev–Trinajstić information content (AvgIpc) is 2.72. The number of amides is 2. The third-order valence-corrected chi connectivity index (χ3v) is 6.97. The number of hydrogen-bond donors (Lipinski definition) is 4. The average molecular weight is 497 g/mol. The fourth-order valence-electron chi connectivity index (χ4n) is 4.75. The summed E-state index contributed by atoms with van der Waals surface area (Å²) in [6.07, 6.45) is 1.71. The third kappa shape index (κ3) is 7.25. The second kappa shape index (κ2) is 10.9. The summed E-state index contributed by atoms with van der Waals surface area (Å²) in [5, 5.41) is 21.1. The van der Waals surface area contributed by atoms with Gasteiger partial charge in [-0.15, -0.1) is 0 Å². The predicted molar refractivity (Wildman–Crippen MR) is 145 cm³/mol. The molecule has 2 amide bonds. The Hall–Kier alpha value is -3.02. The highest BCUT2D eigenvalue weighted by Crippen LogP contribution is 2.36. The smallest absolute Gasteiger partial charge is 0.220 e. The van der Waals surface area contributed by atoms with Crippen LogP contribution in [-0.4, -0.2) is 22.0 Å². The molecule has 0 spiro atoms. The topological polar surface area (TPSA) is 127 Å². The van der Waals surface area contributed by atoms with Crippen LogP contribution in [0, 0.1) is 25.7 Å². The van der Waals surface area contributed by atoms with Crippen molar-refractivity contribution in [3.05, 3.63) is 57.6 Å². The number of aromatic hydroxyl groups is 2. The number of phenolic OH excluding ortho intramolecular Hbond substituents is 2. The van der Waals surface area contributed by atoms with Gasteiger partial charge in [-0.2, -0.15) is 0 Å². The number of benzene rings is 2. The lowest BCUT2D eigenvalue weighted by atomic mass is 9.81. The maximum atomic E-state index is 12.3. The van der Waals surface area contributed by atoms with Crippen molar-refractivity contribution in [1.82, 2.24) is 0 Å². The summed E-state index contributed by atoms with van der Waals surface area (Å²) in [6.45, 7) is 15.9. The Kier molecular flexibility index (Phi) is 8.87. The molecule has 0 aliphatic rings. The van der Waals surface area contributed by atoms with E-state index in [1.807, 2.05) is 79.7 Å². The van der Waals surface area contributed by atoms with Crippen LogP contribution in [0.4, 0.5) is 0 Å². The summed E-state index contributed by atoms with van der Waals surface area (Å²) in [5.41, 5.74) is 16.1. The van der Waals surface area contributed by atoms with Gasteiger partial charge in [0.15, 0.2) is 0 Å². The minimum absolute atomic E-state index is 0.252. The van der Waals surface area contributed by atoms with E-state index in [9.17, 15) is 19.8 Å². The molecule has 2 unspecified atom stereocenters. The molecule has 6 N–H and O–H groups in total. The summed E-state index contributed by atoms with van der Waals surface area (Å²) in [5.74, 6) is -1.22. The zero-order valence-electron chi connectivity index (χ0n) is 23.2. The molecule has 6 nitrogen and oxygen atoms in total. The van der Waals surface area contributed by atoms with Gasteiger partial charge in [0.2, 0.25) is 11.8 Å². The molecule has 0 saturated heterocycles. The van der Waals surface area contributed by atoms with E-state index in [1.165, 1.54) is 0 Å². The lowest BCUT2D eigenvalue weighted by molar-refractivity contribution is -0.124. The van der Waals surface area contributed by atoms with Crippen LogP contribution in [-0.2, 0) is 33.3 Å². The van der Waals surface area contributed by atoms with Crippen LogP contribution in [0.25, 0.3) is 0 Å². The molecular formula is C30H44N2O4. The second-order valence-corrected chi connectivity index (χ2v) is 12.3. The minimum atomic E-state index is -0.463. The Bertz CT molecular complexity index is 1030. The molecular weight excluding hydrogens is 452 g/mol. The van der Waals surface area contributed by atoms with Crippen molar-refractivity contribution >= 4 is 11.8 Å². The number of carbonyl (C=O) groups is 2. The zero-order chi connectivity index (χ0) is 27.6. The fourth-order valence-corrected chi connectivity index (χ4v) is 4.75. The van der Waals surface area contributed by atoms with Crippen molar-refractivity contribution in [2.24, 2.45) is 23.3 Å². The first-order chi connectivity index (χ1) is 16.4. The van der Waals surface area contributed by atoms with E-state index in [0.717, 1.165) is 33.4 Å². The van der Waals surface area contributed by atoms with Crippen molar-refractivity contribution < 1.29 is 19.8 Å². The molecule has 198 valence electrons. The van der Waals surface area contributed by atoms with Gasteiger partial charge in [-0.05, 0) is 83.7 Å². The van der Waals surface area contributed by atoms with E-state index in [4.69, 9.17) is 11.5 Å². The Morgan fingerprint density at radius 1 is 0.694 bits per heavy atom. The summed E-state index contributed by atoms with van der Waals surface area (Å²) in [4.78, 5) is 24.7. The largest absolute Gasteiger partial charge is 0.507 e. The molecule has 0 aromatic heterocycles. The van der Waals surface area contributed by atoms with Gasteiger partial charge in [0.05, 0.1) is 0 Å². The van der Waals surface area contributed by atoms with Crippen molar-refractivity contribution in [2.45, 2.75) is 91.9 Å². The van der Waals surface area contributed by atoms with Gasteiger partial charge in [-0.3, -0.25) is 9.59 Å². The predicted octanol–water partition coefficient (Wildman–Crippen LogP) is 5.08. The van der Waals surface area contributed by atoms with Crippen molar-refractivity contribution in [2.75, 3.05) is 0 Å². The SMILES string of the molecule is Cc1cc(CC(CCC(Cc2cc(C)c(O)c(C(C)(C)C)c2)C(N)=O)C(N)=O)cc(C(C)(C)C)c1O. The van der Waals surface area contributed by atoms with Gasteiger partial charge in [0.25, 0.3) is 0 Å². The summed E-state index contributed by atoms with van der Waals surface area (Å²) >= 11 is 0. The molecule has 36 heavy (non-hydrogen) atoms. The summed E-state index contributed by atoms with van der Waals surface area (Å²) in [7, 11) is 0. The number of carbonyl (C=O) groups excluding carboxylic acids is 2. The third-order valence-electron chi connectivity index (χ3n) is 6.97. The van der Waals surface area contributed by atoms with Crippen molar-refractivity contribution in [3.63, 3.8) is 0 Å². The standard InChI is InChI=1S/C30H44N2O4/c1-17-11-19(15-23(25(17)33)29(3,4)5)13-21(27(31)35)9-10-22(28(32)36)14-20-12-18(2)26(34)24(16-20)30(6,7)8/h11-12,15-16,21-22,33-34H,9-10,13-14H2,1-8H3,(H2,31,35)(H2,32,36). The Morgan fingerprint density at radius 3 is 1.25 bits per heavy atom. The van der Waals surface area contributed by atoms with Crippen LogP contribution in [0.3, 0.4) is 0 Å². The first-order valence-electron chi connectivity index (χ1n) is 12.7. The zero-order valence-corrected chi connectivity index (χ0v) is 23.2. The maximum Gasteiger partial charge on any atom is 0.220 e. The van der Waals surface area contributed by atoms with E-state index in [2.05, 4.69) is 0 Å². The van der Waals surface area contributed by atoms with Crippen LogP contribution in [0.5, 0.6) is 11.5 Å². The molecule has 0 aliphatic carbocycles. The number of primary amides is 2. The maximum absolute atomic E-state index is 12.3. The number of aryl methyl sites for hydroxylation is 2. The van der Waals surface area contributed by atoms with E-state index in [-0.39, 0.29) is 22.3 Å². The number of rotatable bonds is 9. The van der Waals surface area contributed by atoms with Crippen LogP contribution >= 0.6 is 0 Å². The number of phenols is 2. The van der Waals surface area contributed by atoms with E-state index in [1.54, 1.807) is 0 Å². The first kappa shape index (κ1) is 29.2. The molecule has 2 aromatic carbocycles. The lowest BCUT2D eigenvalue weighted by Gasteiger charge is -2.24. The van der Waals surface area contributed by atoms with E-state index in [0.29, 0.717) is 25.7 Å².